The highest BCUT2D eigenvalue weighted by Crippen LogP contribution is 2.39. The molecule has 3 atom stereocenters. The number of pyridine rings is 1. The van der Waals surface area contributed by atoms with Gasteiger partial charge in [-0.25, -0.2) is 4.98 Å². The van der Waals surface area contributed by atoms with Crippen molar-refractivity contribution < 1.29 is 5.11 Å². The van der Waals surface area contributed by atoms with Crippen LogP contribution in [0.15, 0.2) is 17.6 Å². The van der Waals surface area contributed by atoms with Gasteiger partial charge in [-0.2, -0.15) is 5.26 Å². The fourth-order valence-corrected chi connectivity index (χ4v) is 4.84. The monoisotopic (exact) mass is 340 g/mol. The summed E-state index contributed by atoms with van der Waals surface area (Å²) in [6.07, 6.45) is 5.32. The number of hydrogen-bond donors (Lipinski definition) is 1. The van der Waals surface area contributed by atoms with E-state index in [9.17, 15) is 5.11 Å². The van der Waals surface area contributed by atoms with E-state index >= 15 is 0 Å². The highest BCUT2D eigenvalue weighted by atomic mass is 32.1. The van der Waals surface area contributed by atoms with Gasteiger partial charge < -0.3 is 9.67 Å². The number of aromatic nitrogens is 3. The van der Waals surface area contributed by atoms with Crippen molar-refractivity contribution in [3.05, 3.63) is 23.5 Å². The van der Waals surface area contributed by atoms with E-state index in [4.69, 9.17) is 10.2 Å². The third-order valence-corrected chi connectivity index (χ3v) is 6.07. The molecular weight excluding hydrogens is 320 g/mol. The summed E-state index contributed by atoms with van der Waals surface area (Å²) in [6, 6.07) is 4.49. The Hall–Kier alpha value is -1.97. The summed E-state index contributed by atoms with van der Waals surface area (Å²) < 4.78 is 3.51. The second-order valence-electron chi connectivity index (χ2n) is 6.54. The zero-order valence-electron chi connectivity index (χ0n) is 13.6. The lowest BCUT2D eigenvalue weighted by atomic mass is 9.82. The van der Waals surface area contributed by atoms with Gasteiger partial charge in [0.2, 0.25) is 0 Å². The van der Waals surface area contributed by atoms with E-state index < -0.39 is 6.10 Å². The molecule has 124 valence electrons. The minimum Gasteiger partial charge on any atom is -0.393 e. The molecule has 0 aromatic carbocycles. The Morgan fingerprint density at radius 1 is 1.42 bits per heavy atom. The Labute approximate surface area is 144 Å². The molecule has 0 radical (unpaired) electrons. The Morgan fingerprint density at radius 3 is 3.04 bits per heavy atom. The summed E-state index contributed by atoms with van der Waals surface area (Å²) >= 11 is 1.70. The van der Waals surface area contributed by atoms with Crippen LogP contribution in [0.2, 0.25) is 0 Å². The first-order valence-corrected chi connectivity index (χ1v) is 9.39. The maximum Gasteiger partial charge on any atom is 0.109 e. The fourth-order valence-electron chi connectivity index (χ4n) is 3.95. The number of aliphatic hydroxyl groups is 1. The number of thiophene rings is 1. The van der Waals surface area contributed by atoms with E-state index in [1.165, 1.54) is 4.70 Å². The van der Waals surface area contributed by atoms with Crippen LogP contribution in [0.5, 0.6) is 0 Å². The molecule has 0 bridgehead atoms. The zero-order valence-corrected chi connectivity index (χ0v) is 14.5. The average molecular weight is 340 g/mol. The van der Waals surface area contributed by atoms with E-state index in [1.807, 2.05) is 12.3 Å². The van der Waals surface area contributed by atoms with Gasteiger partial charge in [0.25, 0.3) is 0 Å². The molecule has 0 spiro atoms. The summed E-state index contributed by atoms with van der Waals surface area (Å²) in [5.74, 6) is 1.16. The minimum atomic E-state index is -0.411. The highest BCUT2D eigenvalue weighted by molar-refractivity contribution is 7.18. The number of rotatable bonds is 3. The van der Waals surface area contributed by atoms with Crippen LogP contribution in [0.4, 0.5) is 0 Å². The molecule has 5 nitrogen and oxygen atoms in total. The van der Waals surface area contributed by atoms with Crippen molar-refractivity contribution >= 4 is 32.6 Å². The van der Waals surface area contributed by atoms with Crippen LogP contribution in [-0.2, 0) is 6.42 Å². The van der Waals surface area contributed by atoms with Gasteiger partial charge in [0.05, 0.1) is 34.1 Å². The minimum absolute atomic E-state index is 0.106. The van der Waals surface area contributed by atoms with Crippen LogP contribution in [0.3, 0.4) is 0 Å². The first-order valence-electron chi connectivity index (χ1n) is 8.51. The molecule has 0 saturated heterocycles. The van der Waals surface area contributed by atoms with Crippen molar-refractivity contribution in [1.82, 2.24) is 14.5 Å². The molecule has 1 N–H and O–H groups in total. The Morgan fingerprint density at radius 2 is 2.29 bits per heavy atom. The molecule has 24 heavy (non-hydrogen) atoms. The van der Waals surface area contributed by atoms with Crippen LogP contribution >= 0.6 is 11.3 Å². The molecule has 6 heteroatoms. The molecule has 1 fully saturated rings. The van der Waals surface area contributed by atoms with Gasteiger partial charge in [-0.1, -0.05) is 6.92 Å². The molecule has 3 heterocycles. The van der Waals surface area contributed by atoms with Gasteiger partial charge in [0.15, 0.2) is 0 Å². The molecule has 1 saturated carbocycles. The van der Waals surface area contributed by atoms with Crippen molar-refractivity contribution in [2.45, 2.75) is 51.2 Å². The third-order valence-electron chi connectivity index (χ3n) is 5.16. The molecule has 1 aliphatic carbocycles. The maximum absolute atomic E-state index is 10.5. The third kappa shape index (κ3) is 2.40. The van der Waals surface area contributed by atoms with Crippen molar-refractivity contribution in [3.63, 3.8) is 0 Å². The van der Waals surface area contributed by atoms with Gasteiger partial charge in [-0.15, -0.1) is 11.3 Å². The van der Waals surface area contributed by atoms with Crippen LogP contribution in [0, 0.1) is 17.2 Å². The smallest absolute Gasteiger partial charge is 0.109 e. The summed E-state index contributed by atoms with van der Waals surface area (Å²) in [5.41, 5.74) is 3.10. The lowest BCUT2D eigenvalue weighted by molar-refractivity contribution is 0.0500. The lowest BCUT2D eigenvalue weighted by Gasteiger charge is -2.33. The Balaban J connectivity index is 1.81. The first kappa shape index (κ1) is 15.6. The zero-order chi connectivity index (χ0) is 16.7. The highest BCUT2D eigenvalue weighted by Gasteiger charge is 2.32. The van der Waals surface area contributed by atoms with Crippen molar-refractivity contribution in [1.29, 1.82) is 5.26 Å². The average Bonchev–Trinajstić information content (AvgIpc) is 3.19. The van der Waals surface area contributed by atoms with E-state index in [0.29, 0.717) is 12.8 Å². The SMILES string of the molecule is CCc1nc2cnc3ccsc3c2n1[C@H]1CC[C@H](CC#N)[C@@H](O)C1. The van der Waals surface area contributed by atoms with Crippen molar-refractivity contribution in [3.8, 4) is 6.07 Å². The Kier molecular flexibility index (Phi) is 3.99. The largest absolute Gasteiger partial charge is 0.393 e. The second kappa shape index (κ2) is 6.15. The van der Waals surface area contributed by atoms with Gasteiger partial charge in [-0.3, -0.25) is 4.98 Å². The van der Waals surface area contributed by atoms with E-state index in [-0.39, 0.29) is 12.0 Å². The number of fused-ring (bicyclic) bond motifs is 3. The van der Waals surface area contributed by atoms with E-state index in [2.05, 4.69) is 27.9 Å². The molecular formula is C18H20N4OS. The maximum atomic E-state index is 10.5. The van der Waals surface area contributed by atoms with Crippen LogP contribution in [-0.4, -0.2) is 25.7 Å². The quantitative estimate of drug-likeness (QED) is 0.786. The predicted octanol–water partition coefficient (Wildman–Crippen LogP) is 3.82. The van der Waals surface area contributed by atoms with Crippen LogP contribution < -0.4 is 0 Å². The summed E-state index contributed by atoms with van der Waals surface area (Å²) in [5, 5.41) is 21.5. The van der Waals surface area contributed by atoms with Crippen molar-refractivity contribution in [2.24, 2.45) is 5.92 Å². The molecule has 0 aliphatic heterocycles. The van der Waals surface area contributed by atoms with Gasteiger partial charge in [-0.05, 0) is 36.6 Å². The number of aryl methyl sites for hydroxylation is 1. The fraction of sp³-hybridized carbons (Fsp3) is 0.500. The Bertz CT molecular complexity index is 922. The van der Waals surface area contributed by atoms with Gasteiger partial charge in [0.1, 0.15) is 11.3 Å². The number of aliphatic hydroxyl groups excluding tert-OH is 1. The number of nitriles is 1. The normalized spacial score (nSPS) is 24.5. The number of imidazole rings is 1. The molecule has 1 aliphatic rings. The number of hydrogen-bond acceptors (Lipinski definition) is 5. The predicted molar refractivity (Wildman–Crippen MR) is 94.9 cm³/mol. The van der Waals surface area contributed by atoms with Crippen LogP contribution in [0.1, 0.15) is 44.5 Å². The van der Waals surface area contributed by atoms with Gasteiger partial charge in [0, 0.05) is 18.9 Å². The van der Waals surface area contributed by atoms with Crippen LogP contribution in [0.25, 0.3) is 21.3 Å². The standard InChI is InChI=1S/C18H20N4OS/c1-2-16-21-14-10-20-13-6-8-24-18(13)17(14)22(16)12-4-3-11(5-7-19)15(23)9-12/h6,8,10-12,15,23H,2-5,9H2,1H3/t11-,12+,15+/m1/s1. The topological polar surface area (TPSA) is 74.7 Å². The first-order chi connectivity index (χ1) is 11.7. The summed E-state index contributed by atoms with van der Waals surface area (Å²) in [7, 11) is 0. The second-order valence-corrected chi connectivity index (χ2v) is 7.45. The molecule has 3 aromatic rings. The van der Waals surface area contributed by atoms with Crippen molar-refractivity contribution in [2.75, 3.05) is 0 Å². The molecule has 0 amide bonds. The lowest BCUT2D eigenvalue weighted by Crippen LogP contribution is -2.31. The van der Waals surface area contributed by atoms with E-state index in [0.717, 1.165) is 41.6 Å². The molecule has 3 aromatic heterocycles. The molecule has 0 unspecified atom stereocenters. The molecule has 4 rings (SSSR count). The van der Waals surface area contributed by atoms with Gasteiger partial charge >= 0.3 is 0 Å². The summed E-state index contributed by atoms with van der Waals surface area (Å²) in [6.45, 7) is 2.12. The number of nitrogens with zero attached hydrogens (tertiary/aromatic N) is 4. The van der Waals surface area contributed by atoms with E-state index in [1.54, 1.807) is 11.3 Å². The summed E-state index contributed by atoms with van der Waals surface area (Å²) in [4.78, 5) is 9.29.